The van der Waals surface area contributed by atoms with E-state index >= 15 is 0 Å². The van der Waals surface area contributed by atoms with Gasteiger partial charge in [-0.05, 0) is 44.6 Å². The van der Waals surface area contributed by atoms with Crippen molar-refractivity contribution in [3.63, 3.8) is 0 Å². The van der Waals surface area contributed by atoms with Gasteiger partial charge in [-0.2, -0.15) is 0 Å². The van der Waals surface area contributed by atoms with Crippen LogP contribution >= 0.6 is 0 Å². The minimum atomic E-state index is 0.661. The molecule has 3 heteroatoms. The predicted molar refractivity (Wildman–Crippen MR) is 87.2 cm³/mol. The lowest BCUT2D eigenvalue weighted by Crippen LogP contribution is -2.56. The van der Waals surface area contributed by atoms with Gasteiger partial charge in [0.05, 0.1) is 6.61 Å². The van der Waals surface area contributed by atoms with Crippen LogP contribution in [0, 0.1) is 5.92 Å². The van der Waals surface area contributed by atoms with E-state index in [4.69, 9.17) is 4.74 Å². The lowest BCUT2D eigenvalue weighted by molar-refractivity contribution is 0.0360. The number of hydrogen-bond donors (Lipinski definition) is 1. The summed E-state index contributed by atoms with van der Waals surface area (Å²) < 4.78 is 5.36. The molecule has 1 rings (SSSR count). The molecule has 0 spiro atoms. The molecule has 20 heavy (non-hydrogen) atoms. The Balaban J connectivity index is 2.81. The van der Waals surface area contributed by atoms with Crippen LogP contribution in [-0.4, -0.2) is 49.8 Å². The normalized spacial score (nSPS) is 27.4. The van der Waals surface area contributed by atoms with Gasteiger partial charge in [0.15, 0.2) is 0 Å². The molecule has 0 bridgehead atoms. The van der Waals surface area contributed by atoms with Crippen LogP contribution < -0.4 is 5.32 Å². The summed E-state index contributed by atoms with van der Waals surface area (Å²) in [5.41, 5.74) is 0. The SMILES string of the molecule is CCNC1CCC(C)CC1N(CCOC)C(CC)CC. The molecule has 0 radical (unpaired) electrons. The number of hydrogen-bond acceptors (Lipinski definition) is 3. The summed E-state index contributed by atoms with van der Waals surface area (Å²) in [5, 5.41) is 3.73. The van der Waals surface area contributed by atoms with E-state index in [1.54, 1.807) is 0 Å². The fourth-order valence-corrected chi connectivity index (χ4v) is 3.79. The van der Waals surface area contributed by atoms with Gasteiger partial charge >= 0.3 is 0 Å². The molecule has 0 amide bonds. The maximum atomic E-state index is 5.36. The molecule has 1 aliphatic rings. The minimum absolute atomic E-state index is 0.661. The van der Waals surface area contributed by atoms with E-state index in [1.807, 2.05) is 7.11 Å². The van der Waals surface area contributed by atoms with Crippen LogP contribution in [0.2, 0.25) is 0 Å². The highest BCUT2D eigenvalue weighted by Crippen LogP contribution is 2.30. The smallest absolute Gasteiger partial charge is 0.0589 e. The number of nitrogens with one attached hydrogen (secondary N) is 1. The van der Waals surface area contributed by atoms with E-state index in [2.05, 4.69) is 37.9 Å². The van der Waals surface area contributed by atoms with E-state index in [0.717, 1.165) is 25.6 Å². The van der Waals surface area contributed by atoms with Crippen molar-refractivity contribution < 1.29 is 4.74 Å². The van der Waals surface area contributed by atoms with E-state index in [0.29, 0.717) is 18.1 Å². The molecule has 0 aliphatic heterocycles. The molecule has 1 saturated carbocycles. The Morgan fingerprint density at radius 2 is 1.90 bits per heavy atom. The molecule has 3 atom stereocenters. The van der Waals surface area contributed by atoms with Crippen molar-refractivity contribution in [3.05, 3.63) is 0 Å². The van der Waals surface area contributed by atoms with Gasteiger partial charge in [0.2, 0.25) is 0 Å². The van der Waals surface area contributed by atoms with Crippen molar-refractivity contribution in [2.45, 2.75) is 77.9 Å². The first-order valence-electron chi connectivity index (χ1n) is 8.65. The molecule has 0 aromatic rings. The van der Waals surface area contributed by atoms with Crippen molar-refractivity contribution in [1.82, 2.24) is 10.2 Å². The van der Waals surface area contributed by atoms with Crippen LogP contribution in [0.15, 0.2) is 0 Å². The molecular formula is C17H36N2O. The molecule has 1 N–H and O–H groups in total. The second kappa shape index (κ2) is 9.75. The third kappa shape index (κ3) is 5.01. The van der Waals surface area contributed by atoms with E-state index < -0.39 is 0 Å². The average Bonchev–Trinajstić information content (AvgIpc) is 2.46. The van der Waals surface area contributed by atoms with Gasteiger partial charge in [-0.3, -0.25) is 4.90 Å². The minimum Gasteiger partial charge on any atom is -0.383 e. The summed E-state index contributed by atoms with van der Waals surface area (Å²) in [5.74, 6) is 0.856. The van der Waals surface area contributed by atoms with Crippen molar-refractivity contribution >= 4 is 0 Å². The summed E-state index contributed by atoms with van der Waals surface area (Å²) >= 11 is 0. The number of likely N-dealkylation sites (N-methyl/N-ethyl adjacent to an activating group) is 1. The van der Waals surface area contributed by atoms with Gasteiger partial charge in [-0.25, -0.2) is 0 Å². The molecule has 0 saturated heterocycles. The van der Waals surface area contributed by atoms with Crippen molar-refractivity contribution in [2.75, 3.05) is 26.8 Å². The van der Waals surface area contributed by atoms with Crippen LogP contribution in [0.3, 0.4) is 0 Å². The number of ether oxygens (including phenoxy) is 1. The van der Waals surface area contributed by atoms with Gasteiger partial charge in [0.25, 0.3) is 0 Å². The first kappa shape index (κ1) is 17.9. The van der Waals surface area contributed by atoms with Crippen LogP contribution in [-0.2, 0) is 4.74 Å². The largest absolute Gasteiger partial charge is 0.383 e. The molecule has 3 unspecified atom stereocenters. The van der Waals surface area contributed by atoms with Crippen LogP contribution in [0.25, 0.3) is 0 Å². The highest BCUT2D eigenvalue weighted by Gasteiger charge is 2.34. The Labute approximate surface area is 126 Å². The molecule has 0 heterocycles. The zero-order chi connectivity index (χ0) is 15.0. The van der Waals surface area contributed by atoms with Gasteiger partial charge in [-0.15, -0.1) is 0 Å². The highest BCUT2D eigenvalue weighted by atomic mass is 16.5. The molecule has 1 aliphatic carbocycles. The summed E-state index contributed by atoms with van der Waals surface area (Å²) in [6, 6.07) is 2.04. The quantitative estimate of drug-likeness (QED) is 0.703. The maximum absolute atomic E-state index is 5.36. The van der Waals surface area contributed by atoms with Crippen molar-refractivity contribution in [3.8, 4) is 0 Å². The third-order valence-corrected chi connectivity index (χ3v) is 4.94. The zero-order valence-electron chi connectivity index (χ0n) is 14.3. The molecule has 1 fully saturated rings. The maximum Gasteiger partial charge on any atom is 0.0589 e. The average molecular weight is 284 g/mol. The second-order valence-corrected chi connectivity index (χ2v) is 6.35. The first-order valence-corrected chi connectivity index (χ1v) is 8.65. The Morgan fingerprint density at radius 3 is 2.45 bits per heavy atom. The van der Waals surface area contributed by atoms with E-state index in [1.165, 1.54) is 32.1 Å². The summed E-state index contributed by atoms with van der Waals surface area (Å²) in [7, 11) is 1.82. The fourth-order valence-electron chi connectivity index (χ4n) is 3.79. The van der Waals surface area contributed by atoms with E-state index in [9.17, 15) is 0 Å². The third-order valence-electron chi connectivity index (χ3n) is 4.94. The Morgan fingerprint density at radius 1 is 1.20 bits per heavy atom. The molecule has 0 aromatic heterocycles. The first-order chi connectivity index (χ1) is 9.67. The van der Waals surface area contributed by atoms with Crippen molar-refractivity contribution in [2.24, 2.45) is 5.92 Å². The number of nitrogens with zero attached hydrogens (tertiary/aromatic N) is 1. The van der Waals surface area contributed by atoms with Crippen molar-refractivity contribution in [1.29, 1.82) is 0 Å². The summed E-state index contributed by atoms with van der Waals surface area (Å²) in [6.07, 6.45) is 6.50. The molecule has 120 valence electrons. The Hall–Kier alpha value is -0.120. The summed E-state index contributed by atoms with van der Waals surface area (Å²) in [4.78, 5) is 2.74. The van der Waals surface area contributed by atoms with Crippen LogP contribution in [0.4, 0.5) is 0 Å². The highest BCUT2D eigenvalue weighted by molar-refractivity contribution is 4.92. The monoisotopic (exact) mass is 284 g/mol. The van der Waals surface area contributed by atoms with E-state index in [-0.39, 0.29) is 0 Å². The van der Waals surface area contributed by atoms with Gasteiger partial charge < -0.3 is 10.1 Å². The molecule has 3 nitrogen and oxygen atoms in total. The summed E-state index contributed by atoms with van der Waals surface area (Å²) in [6.45, 7) is 12.3. The fraction of sp³-hybridized carbons (Fsp3) is 1.00. The lowest BCUT2D eigenvalue weighted by Gasteiger charge is -2.45. The topological polar surface area (TPSA) is 24.5 Å². The number of rotatable bonds is 9. The zero-order valence-corrected chi connectivity index (χ0v) is 14.3. The second-order valence-electron chi connectivity index (χ2n) is 6.35. The predicted octanol–water partition coefficient (Wildman–Crippen LogP) is 3.29. The van der Waals surface area contributed by atoms with Gasteiger partial charge in [-0.1, -0.05) is 27.7 Å². The van der Waals surface area contributed by atoms with Gasteiger partial charge in [0.1, 0.15) is 0 Å². The lowest BCUT2D eigenvalue weighted by atomic mass is 9.81. The van der Waals surface area contributed by atoms with Crippen LogP contribution in [0.1, 0.15) is 59.8 Å². The standard InChI is InChI=1S/C17H36N2O/c1-6-15(7-2)19(11-12-20-5)17-13-14(4)9-10-16(17)18-8-3/h14-18H,6-13H2,1-5H3. The van der Waals surface area contributed by atoms with Crippen LogP contribution in [0.5, 0.6) is 0 Å². The Kier molecular flexibility index (Phi) is 8.74. The molecular weight excluding hydrogens is 248 g/mol. The number of methoxy groups -OCH3 is 1. The molecule has 0 aromatic carbocycles. The Bertz CT molecular complexity index is 243. The van der Waals surface area contributed by atoms with Gasteiger partial charge in [0, 0.05) is 31.8 Å².